The van der Waals surface area contributed by atoms with Crippen LogP contribution in [0.25, 0.3) is 0 Å². The molecule has 0 aromatic rings. The lowest BCUT2D eigenvalue weighted by Crippen LogP contribution is -2.53. The molecule has 0 saturated heterocycles. The summed E-state index contributed by atoms with van der Waals surface area (Å²) >= 11 is 0. The Morgan fingerprint density at radius 1 is 1.62 bits per heavy atom. The molecule has 1 fully saturated rings. The number of carboxylic acids is 1. The van der Waals surface area contributed by atoms with E-state index in [4.69, 9.17) is 15.9 Å². The maximum atomic E-state index is 11.9. The number of amides is 1. The molecule has 16 heavy (non-hydrogen) atoms. The molecule has 92 valence electrons. The van der Waals surface area contributed by atoms with Gasteiger partial charge in [-0.2, -0.15) is 0 Å². The molecule has 0 bridgehead atoms. The van der Waals surface area contributed by atoms with E-state index in [1.54, 1.807) is 6.92 Å². The van der Waals surface area contributed by atoms with Crippen LogP contribution in [0.2, 0.25) is 0 Å². The Kier molecular flexibility index (Phi) is 3.88. The number of hydrogen-bond donors (Lipinski definition) is 4. The molecule has 0 radical (unpaired) electrons. The van der Waals surface area contributed by atoms with E-state index in [2.05, 4.69) is 5.32 Å². The topological polar surface area (TPSA) is 113 Å². The van der Waals surface area contributed by atoms with Crippen LogP contribution in [0.3, 0.4) is 0 Å². The van der Waals surface area contributed by atoms with Crippen molar-refractivity contribution in [1.29, 1.82) is 0 Å². The minimum Gasteiger partial charge on any atom is -0.480 e. The molecule has 1 aliphatic carbocycles. The molecule has 6 heteroatoms. The van der Waals surface area contributed by atoms with Gasteiger partial charge in [0.25, 0.3) is 0 Å². The first kappa shape index (κ1) is 12.9. The fourth-order valence-electron chi connectivity index (χ4n) is 1.98. The molecule has 0 aromatic carbocycles. The number of aliphatic carboxylic acids is 1. The minimum absolute atomic E-state index is 0.249. The summed E-state index contributed by atoms with van der Waals surface area (Å²) < 4.78 is 0. The number of aliphatic hydroxyl groups is 1. The van der Waals surface area contributed by atoms with Crippen molar-refractivity contribution in [2.75, 3.05) is 6.61 Å². The van der Waals surface area contributed by atoms with Gasteiger partial charge in [-0.15, -0.1) is 0 Å². The predicted molar refractivity (Wildman–Crippen MR) is 56.6 cm³/mol. The molecule has 1 rings (SSSR count). The monoisotopic (exact) mass is 230 g/mol. The number of carbonyl (C=O) groups excluding carboxylic acids is 1. The molecule has 0 heterocycles. The highest BCUT2D eigenvalue weighted by Gasteiger charge is 2.43. The van der Waals surface area contributed by atoms with Crippen LogP contribution in [0.1, 0.15) is 26.2 Å². The summed E-state index contributed by atoms with van der Waals surface area (Å²) in [6.07, 6.45) is 2.28. The van der Waals surface area contributed by atoms with Gasteiger partial charge in [0, 0.05) is 6.04 Å². The zero-order valence-corrected chi connectivity index (χ0v) is 9.27. The van der Waals surface area contributed by atoms with Gasteiger partial charge in [0.2, 0.25) is 5.91 Å². The molecular weight excluding hydrogens is 212 g/mol. The van der Waals surface area contributed by atoms with Gasteiger partial charge in [0.1, 0.15) is 6.04 Å². The summed E-state index contributed by atoms with van der Waals surface area (Å²) in [6, 6.07) is -1.50. The fourth-order valence-corrected chi connectivity index (χ4v) is 1.98. The molecule has 5 N–H and O–H groups in total. The number of carboxylic acid groups (broad SMARTS) is 1. The summed E-state index contributed by atoms with van der Waals surface area (Å²) in [4.78, 5) is 22.5. The Morgan fingerprint density at radius 3 is 2.62 bits per heavy atom. The highest BCUT2D eigenvalue weighted by molar-refractivity contribution is 5.88. The lowest BCUT2D eigenvalue weighted by atomic mass is 9.84. The van der Waals surface area contributed by atoms with E-state index in [0.29, 0.717) is 6.42 Å². The Balaban J connectivity index is 2.67. The van der Waals surface area contributed by atoms with Crippen molar-refractivity contribution in [2.45, 2.75) is 38.3 Å². The van der Waals surface area contributed by atoms with Crippen LogP contribution in [-0.2, 0) is 9.59 Å². The first-order valence-electron chi connectivity index (χ1n) is 5.32. The highest BCUT2D eigenvalue weighted by Crippen LogP contribution is 2.36. The summed E-state index contributed by atoms with van der Waals surface area (Å²) in [5, 5.41) is 19.8. The van der Waals surface area contributed by atoms with Gasteiger partial charge in [-0.3, -0.25) is 4.79 Å². The van der Waals surface area contributed by atoms with Crippen LogP contribution in [-0.4, -0.2) is 40.8 Å². The molecule has 3 atom stereocenters. The van der Waals surface area contributed by atoms with Crippen LogP contribution in [0, 0.1) is 5.41 Å². The standard InChI is InChI=1S/C10H18N2O4/c1-10(4-2-3-7(10)11)9(16)12-6(5-13)8(14)15/h6-7,13H,2-5,11H2,1H3,(H,12,16)(H,14,15). The number of carbonyl (C=O) groups is 2. The van der Waals surface area contributed by atoms with Crippen molar-refractivity contribution in [2.24, 2.45) is 11.1 Å². The minimum atomic E-state index is -1.25. The van der Waals surface area contributed by atoms with Crippen molar-refractivity contribution in [1.82, 2.24) is 5.32 Å². The van der Waals surface area contributed by atoms with Crippen molar-refractivity contribution in [3.8, 4) is 0 Å². The van der Waals surface area contributed by atoms with Crippen molar-refractivity contribution < 1.29 is 19.8 Å². The number of hydrogen-bond acceptors (Lipinski definition) is 4. The van der Waals surface area contributed by atoms with E-state index >= 15 is 0 Å². The van der Waals surface area contributed by atoms with E-state index in [9.17, 15) is 9.59 Å². The molecule has 1 saturated carbocycles. The average Bonchev–Trinajstić information content (AvgIpc) is 2.56. The zero-order chi connectivity index (χ0) is 12.3. The van der Waals surface area contributed by atoms with Gasteiger partial charge in [0.15, 0.2) is 0 Å². The van der Waals surface area contributed by atoms with Crippen LogP contribution in [0.4, 0.5) is 0 Å². The SMILES string of the molecule is CC1(C(=O)NC(CO)C(=O)O)CCCC1N. The Bertz CT molecular complexity index is 295. The normalized spacial score (nSPS) is 31.1. The Labute approximate surface area is 93.8 Å². The molecular formula is C10H18N2O4. The Hall–Kier alpha value is -1.14. The number of rotatable bonds is 4. The van der Waals surface area contributed by atoms with E-state index < -0.39 is 24.0 Å². The van der Waals surface area contributed by atoms with Crippen molar-refractivity contribution in [3.05, 3.63) is 0 Å². The number of aliphatic hydroxyl groups excluding tert-OH is 1. The van der Waals surface area contributed by atoms with Gasteiger partial charge in [-0.05, 0) is 19.8 Å². The lowest BCUT2D eigenvalue weighted by Gasteiger charge is -2.28. The number of nitrogens with two attached hydrogens (primary N) is 1. The molecule has 1 aliphatic rings. The van der Waals surface area contributed by atoms with Crippen molar-refractivity contribution in [3.63, 3.8) is 0 Å². The molecule has 6 nitrogen and oxygen atoms in total. The largest absolute Gasteiger partial charge is 0.480 e. The van der Waals surface area contributed by atoms with E-state index in [1.165, 1.54) is 0 Å². The third kappa shape index (κ3) is 2.33. The van der Waals surface area contributed by atoms with Crippen LogP contribution >= 0.6 is 0 Å². The third-order valence-corrected chi connectivity index (χ3v) is 3.33. The quantitative estimate of drug-likeness (QED) is 0.498. The maximum Gasteiger partial charge on any atom is 0.328 e. The van der Waals surface area contributed by atoms with Gasteiger partial charge in [0.05, 0.1) is 12.0 Å². The van der Waals surface area contributed by atoms with Gasteiger partial charge >= 0.3 is 5.97 Å². The summed E-state index contributed by atoms with van der Waals surface area (Å²) in [6.45, 7) is 1.11. The van der Waals surface area contributed by atoms with Gasteiger partial charge in [-0.25, -0.2) is 4.79 Å². The lowest BCUT2D eigenvalue weighted by molar-refractivity contribution is -0.145. The third-order valence-electron chi connectivity index (χ3n) is 3.33. The summed E-state index contributed by atoms with van der Waals surface area (Å²) in [5.41, 5.74) is 5.12. The second kappa shape index (κ2) is 4.80. The van der Waals surface area contributed by atoms with Crippen molar-refractivity contribution >= 4 is 11.9 Å². The van der Waals surface area contributed by atoms with Gasteiger partial charge < -0.3 is 21.3 Å². The zero-order valence-electron chi connectivity index (χ0n) is 9.27. The highest BCUT2D eigenvalue weighted by atomic mass is 16.4. The molecule has 0 aliphatic heterocycles. The second-order valence-corrected chi connectivity index (χ2v) is 4.46. The van der Waals surface area contributed by atoms with E-state index in [-0.39, 0.29) is 11.9 Å². The smallest absolute Gasteiger partial charge is 0.328 e. The molecule has 3 unspecified atom stereocenters. The predicted octanol–water partition coefficient (Wildman–Crippen LogP) is -0.934. The average molecular weight is 230 g/mol. The molecule has 1 amide bonds. The van der Waals surface area contributed by atoms with E-state index in [0.717, 1.165) is 12.8 Å². The Morgan fingerprint density at radius 2 is 2.25 bits per heavy atom. The second-order valence-electron chi connectivity index (χ2n) is 4.46. The fraction of sp³-hybridized carbons (Fsp3) is 0.800. The first-order valence-corrected chi connectivity index (χ1v) is 5.32. The van der Waals surface area contributed by atoms with E-state index in [1.807, 2.05) is 0 Å². The van der Waals surface area contributed by atoms with Gasteiger partial charge in [-0.1, -0.05) is 6.42 Å². The summed E-state index contributed by atoms with van der Waals surface area (Å²) in [5.74, 6) is -1.63. The van der Waals surface area contributed by atoms with Crippen LogP contribution in [0.15, 0.2) is 0 Å². The molecule has 0 aromatic heterocycles. The number of nitrogens with one attached hydrogen (secondary N) is 1. The maximum absolute atomic E-state index is 11.9. The first-order chi connectivity index (χ1) is 7.41. The molecule has 0 spiro atoms. The summed E-state index contributed by atoms with van der Waals surface area (Å²) in [7, 11) is 0. The van der Waals surface area contributed by atoms with Crippen LogP contribution < -0.4 is 11.1 Å². The van der Waals surface area contributed by atoms with Crippen LogP contribution in [0.5, 0.6) is 0 Å².